The lowest BCUT2D eigenvalue weighted by Gasteiger charge is -2.24. The highest BCUT2D eigenvalue weighted by atomic mass is 19.1. The van der Waals surface area contributed by atoms with Crippen molar-refractivity contribution in [2.75, 3.05) is 6.54 Å². The van der Waals surface area contributed by atoms with Crippen LogP contribution in [0, 0.1) is 11.7 Å². The molecule has 3 aromatic heterocycles. The average Bonchev–Trinajstić information content (AvgIpc) is 3.23. The summed E-state index contributed by atoms with van der Waals surface area (Å²) >= 11 is 0. The number of carbonyl (C=O) groups is 1. The Balaban J connectivity index is 1.62. The summed E-state index contributed by atoms with van der Waals surface area (Å²) in [4.78, 5) is 26.5. The molecule has 9 heteroatoms. The minimum absolute atomic E-state index is 0.0227. The summed E-state index contributed by atoms with van der Waals surface area (Å²) in [6.45, 7) is 2.13. The number of halogens is 1. The zero-order valence-corrected chi connectivity index (χ0v) is 13.4. The number of aromatic nitrogens is 6. The number of hydrogen-bond donors (Lipinski definition) is 0. The van der Waals surface area contributed by atoms with Gasteiger partial charge in [-0.1, -0.05) is 0 Å². The van der Waals surface area contributed by atoms with Crippen molar-refractivity contribution in [2.24, 2.45) is 5.92 Å². The highest BCUT2D eigenvalue weighted by molar-refractivity contribution is 5.94. The van der Waals surface area contributed by atoms with Gasteiger partial charge in [0, 0.05) is 44.1 Å². The number of carbonyl (C=O) groups excluding carboxylic acids is 1. The lowest BCUT2D eigenvalue weighted by Crippen LogP contribution is -2.35. The molecular weight excluding hydrogens is 325 g/mol. The molecule has 0 saturated heterocycles. The Morgan fingerprint density at radius 3 is 3.00 bits per heavy atom. The van der Waals surface area contributed by atoms with E-state index in [-0.39, 0.29) is 17.4 Å². The summed E-state index contributed by atoms with van der Waals surface area (Å²) in [6, 6.07) is 1.40. The van der Waals surface area contributed by atoms with Crippen molar-refractivity contribution in [3.05, 3.63) is 60.7 Å². The fourth-order valence-electron chi connectivity index (χ4n) is 3.12. The smallest absolute Gasteiger partial charge is 0.257 e. The standard InChI is InChI=1S/C16H16FN7O/c17-14-5-18-2-1-13(14)16(25)23-7-12(8-24-11-19-10-21-24)6-22-4-3-20-15(22)9-23/h1-5,10-12H,6-9H2/t12-/m1/s1. The number of hydrogen-bond acceptors (Lipinski definition) is 5. The van der Waals surface area contributed by atoms with Gasteiger partial charge in [-0.3, -0.25) is 14.5 Å². The number of pyridine rings is 1. The Hall–Kier alpha value is -3.10. The topological polar surface area (TPSA) is 81.7 Å². The molecule has 0 aromatic carbocycles. The number of fused-ring (bicyclic) bond motifs is 1. The molecule has 4 heterocycles. The van der Waals surface area contributed by atoms with Gasteiger partial charge in [0.2, 0.25) is 0 Å². The Morgan fingerprint density at radius 2 is 2.20 bits per heavy atom. The quantitative estimate of drug-likeness (QED) is 0.709. The normalized spacial score (nSPS) is 17.2. The van der Waals surface area contributed by atoms with Crippen molar-refractivity contribution < 1.29 is 9.18 Å². The molecule has 1 amide bonds. The first kappa shape index (κ1) is 15.4. The van der Waals surface area contributed by atoms with E-state index in [9.17, 15) is 9.18 Å². The Bertz CT molecular complexity index is 876. The molecule has 0 spiro atoms. The van der Waals surface area contributed by atoms with Crippen LogP contribution in [0.2, 0.25) is 0 Å². The van der Waals surface area contributed by atoms with Crippen LogP contribution in [0.3, 0.4) is 0 Å². The van der Waals surface area contributed by atoms with Crippen LogP contribution in [0.25, 0.3) is 0 Å². The van der Waals surface area contributed by atoms with E-state index < -0.39 is 5.82 Å². The number of nitrogens with zero attached hydrogens (tertiary/aromatic N) is 7. The predicted molar refractivity (Wildman–Crippen MR) is 84.7 cm³/mol. The van der Waals surface area contributed by atoms with E-state index in [1.807, 2.05) is 10.8 Å². The van der Waals surface area contributed by atoms with E-state index in [2.05, 4.69) is 20.1 Å². The first-order valence-electron chi connectivity index (χ1n) is 7.92. The lowest BCUT2D eigenvalue weighted by atomic mass is 10.1. The molecule has 8 nitrogen and oxygen atoms in total. The van der Waals surface area contributed by atoms with Crippen molar-refractivity contribution in [1.29, 1.82) is 0 Å². The van der Waals surface area contributed by atoms with Gasteiger partial charge in [0.25, 0.3) is 5.91 Å². The molecule has 25 heavy (non-hydrogen) atoms. The van der Waals surface area contributed by atoms with Gasteiger partial charge in [-0.25, -0.2) is 14.4 Å². The van der Waals surface area contributed by atoms with Crippen LogP contribution in [0.1, 0.15) is 16.2 Å². The molecule has 0 saturated carbocycles. The second kappa shape index (κ2) is 6.42. The highest BCUT2D eigenvalue weighted by Crippen LogP contribution is 2.19. The summed E-state index contributed by atoms with van der Waals surface area (Å²) < 4.78 is 17.7. The van der Waals surface area contributed by atoms with Gasteiger partial charge >= 0.3 is 0 Å². The number of amides is 1. The Morgan fingerprint density at radius 1 is 1.28 bits per heavy atom. The molecule has 4 rings (SSSR count). The second-order valence-corrected chi connectivity index (χ2v) is 6.02. The molecular formula is C16H16FN7O. The monoisotopic (exact) mass is 341 g/mol. The van der Waals surface area contributed by atoms with Crippen molar-refractivity contribution in [3.63, 3.8) is 0 Å². The highest BCUT2D eigenvalue weighted by Gasteiger charge is 2.28. The van der Waals surface area contributed by atoms with Crippen molar-refractivity contribution in [2.45, 2.75) is 19.6 Å². The van der Waals surface area contributed by atoms with Gasteiger partial charge in [-0.05, 0) is 6.07 Å². The van der Waals surface area contributed by atoms with Crippen LogP contribution in [-0.4, -0.2) is 46.7 Å². The maximum atomic E-state index is 14.0. The fraction of sp³-hybridized carbons (Fsp3) is 0.312. The van der Waals surface area contributed by atoms with Crippen molar-refractivity contribution in [3.8, 4) is 0 Å². The predicted octanol–water partition coefficient (Wildman–Crippen LogP) is 0.981. The van der Waals surface area contributed by atoms with E-state index in [1.165, 1.54) is 18.6 Å². The first-order valence-corrected chi connectivity index (χ1v) is 7.92. The zero-order valence-electron chi connectivity index (χ0n) is 13.4. The van der Waals surface area contributed by atoms with E-state index in [4.69, 9.17) is 0 Å². The number of imidazole rings is 1. The van der Waals surface area contributed by atoms with Crippen LogP contribution in [0.15, 0.2) is 43.5 Å². The number of rotatable bonds is 3. The fourth-order valence-corrected chi connectivity index (χ4v) is 3.12. The summed E-state index contributed by atoms with van der Waals surface area (Å²) in [5.74, 6) is -0.0947. The third-order valence-corrected chi connectivity index (χ3v) is 4.27. The first-order chi connectivity index (χ1) is 12.2. The summed E-state index contributed by atoms with van der Waals surface area (Å²) in [5, 5.41) is 4.14. The molecule has 0 fully saturated rings. The maximum absolute atomic E-state index is 14.0. The van der Waals surface area contributed by atoms with Gasteiger partial charge in [0.15, 0.2) is 5.82 Å². The van der Waals surface area contributed by atoms with Crippen molar-refractivity contribution >= 4 is 5.91 Å². The van der Waals surface area contributed by atoms with Gasteiger partial charge in [-0.15, -0.1) is 0 Å². The molecule has 0 bridgehead atoms. The maximum Gasteiger partial charge on any atom is 0.257 e. The van der Waals surface area contributed by atoms with Crippen LogP contribution < -0.4 is 0 Å². The molecule has 128 valence electrons. The molecule has 0 aliphatic carbocycles. The molecule has 1 atom stereocenters. The van der Waals surface area contributed by atoms with Crippen LogP contribution >= 0.6 is 0 Å². The Labute approximate surface area is 143 Å². The van der Waals surface area contributed by atoms with Crippen LogP contribution in [0.5, 0.6) is 0 Å². The minimum atomic E-state index is -0.618. The third kappa shape index (κ3) is 3.12. The van der Waals surface area contributed by atoms with Gasteiger partial charge in [0.05, 0.1) is 18.3 Å². The molecule has 1 aliphatic heterocycles. The van der Waals surface area contributed by atoms with Gasteiger partial charge in [-0.2, -0.15) is 5.10 Å². The van der Waals surface area contributed by atoms with Gasteiger partial charge in [0.1, 0.15) is 18.5 Å². The van der Waals surface area contributed by atoms with E-state index in [0.29, 0.717) is 26.2 Å². The largest absolute Gasteiger partial charge is 0.333 e. The molecule has 0 N–H and O–H groups in total. The van der Waals surface area contributed by atoms with Crippen LogP contribution in [0.4, 0.5) is 4.39 Å². The molecule has 3 aromatic rings. The molecule has 1 aliphatic rings. The third-order valence-electron chi connectivity index (χ3n) is 4.27. The van der Waals surface area contributed by atoms with E-state index in [1.54, 1.807) is 22.1 Å². The van der Waals surface area contributed by atoms with Crippen LogP contribution in [-0.2, 0) is 19.6 Å². The molecule has 0 unspecified atom stereocenters. The lowest BCUT2D eigenvalue weighted by molar-refractivity contribution is 0.0707. The van der Waals surface area contributed by atoms with Crippen molar-refractivity contribution in [1.82, 2.24) is 34.2 Å². The summed E-state index contributed by atoms with van der Waals surface area (Å²) in [5.41, 5.74) is 0.0227. The minimum Gasteiger partial charge on any atom is -0.333 e. The van der Waals surface area contributed by atoms with E-state index in [0.717, 1.165) is 12.0 Å². The second-order valence-electron chi connectivity index (χ2n) is 6.02. The SMILES string of the molecule is O=C(c1ccncc1F)N1Cc2nccn2C[C@@H](Cn2cncn2)C1. The van der Waals surface area contributed by atoms with Gasteiger partial charge < -0.3 is 9.47 Å². The zero-order chi connectivity index (χ0) is 17.2. The summed E-state index contributed by atoms with van der Waals surface area (Å²) in [6.07, 6.45) is 9.21. The average molecular weight is 341 g/mol. The summed E-state index contributed by atoms with van der Waals surface area (Å²) in [7, 11) is 0. The molecule has 0 radical (unpaired) electrons. The van der Waals surface area contributed by atoms with E-state index >= 15 is 0 Å². The Kier molecular flexibility index (Phi) is 3.96.